The van der Waals surface area contributed by atoms with Crippen molar-refractivity contribution in [3.63, 3.8) is 0 Å². The summed E-state index contributed by atoms with van der Waals surface area (Å²) in [7, 11) is -1.75. The Labute approximate surface area is 195 Å². The Bertz CT molecular complexity index is 1490. The summed E-state index contributed by atoms with van der Waals surface area (Å²) in [5.74, 6) is 0.317. The van der Waals surface area contributed by atoms with Crippen LogP contribution in [0.2, 0.25) is 0 Å². The minimum Gasteiger partial charge on any atom is -0.421 e. The van der Waals surface area contributed by atoms with Crippen LogP contribution in [0, 0.1) is 12.7 Å². The number of aromatic amines is 1. The lowest BCUT2D eigenvalue weighted by Gasteiger charge is -2.15. The molecule has 1 aromatic carbocycles. The number of hydrogen-bond donors (Lipinski definition) is 2. The van der Waals surface area contributed by atoms with Crippen LogP contribution >= 0.6 is 0 Å². The minimum atomic E-state index is -3.56. The zero-order chi connectivity index (χ0) is 24.0. The summed E-state index contributed by atoms with van der Waals surface area (Å²) in [5, 5.41) is 14.6. The number of aromatic nitrogens is 6. The molecule has 1 fully saturated rings. The van der Waals surface area contributed by atoms with Crippen LogP contribution < -0.4 is 10.1 Å². The summed E-state index contributed by atoms with van der Waals surface area (Å²) in [4.78, 5) is 8.98. The standard InChI is InChI=1S/C22H22FN7O3S/c1-12-8-18(29-28-12)25-21-19(13-4-5-13)20(14-10-24-30(2)11-14)26-22(27-21)33-17-7-6-15(9-16(17)23)34(3,31)32/h6-11,13H,4-5H2,1-3H3,(H2,25,26,27,28,29). The molecule has 12 heteroatoms. The van der Waals surface area contributed by atoms with E-state index in [0.29, 0.717) is 17.3 Å². The van der Waals surface area contributed by atoms with Crippen LogP contribution in [0.15, 0.2) is 41.6 Å². The Kier molecular flexibility index (Phi) is 5.31. The molecule has 4 aromatic rings. The predicted octanol–water partition coefficient (Wildman–Crippen LogP) is 3.86. The average Bonchev–Trinajstić information content (AvgIpc) is 3.38. The first-order valence-corrected chi connectivity index (χ1v) is 12.4. The van der Waals surface area contributed by atoms with Crippen LogP contribution in [-0.4, -0.2) is 44.6 Å². The molecule has 10 nitrogen and oxygen atoms in total. The molecule has 0 aliphatic heterocycles. The smallest absolute Gasteiger partial charge is 0.324 e. The van der Waals surface area contributed by atoms with Crippen LogP contribution in [0.1, 0.15) is 30.0 Å². The first-order chi connectivity index (χ1) is 16.2. The van der Waals surface area contributed by atoms with Gasteiger partial charge in [-0.25, -0.2) is 12.8 Å². The van der Waals surface area contributed by atoms with Gasteiger partial charge in [-0.3, -0.25) is 9.78 Å². The fourth-order valence-electron chi connectivity index (χ4n) is 3.61. The zero-order valence-electron chi connectivity index (χ0n) is 18.7. The highest BCUT2D eigenvalue weighted by Crippen LogP contribution is 2.48. The normalized spacial score (nSPS) is 13.8. The summed E-state index contributed by atoms with van der Waals surface area (Å²) < 4.78 is 45.5. The number of nitrogens with zero attached hydrogens (tertiary/aromatic N) is 5. The second-order valence-corrected chi connectivity index (χ2v) is 10.3. The van der Waals surface area contributed by atoms with E-state index in [1.807, 2.05) is 26.2 Å². The Balaban J connectivity index is 1.60. The number of nitrogens with one attached hydrogen (secondary N) is 2. The number of sulfone groups is 1. The van der Waals surface area contributed by atoms with Gasteiger partial charge in [0.2, 0.25) is 0 Å². The fourth-order valence-corrected chi connectivity index (χ4v) is 4.24. The largest absolute Gasteiger partial charge is 0.421 e. The molecule has 0 atom stereocenters. The monoisotopic (exact) mass is 483 g/mol. The molecule has 2 N–H and O–H groups in total. The molecule has 0 amide bonds. The Morgan fingerprint density at radius 1 is 1.24 bits per heavy atom. The van der Waals surface area contributed by atoms with E-state index in [0.717, 1.165) is 42.0 Å². The Morgan fingerprint density at radius 2 is 2.03 bits per heavy atom. The lowest BCUT2D eigenvalue weighted by atomic mass is 10.1. The second-order valence-electron chi connectivity index (χ2n) is 8.32. The molecule has 0 spiro atoms. The third-order valence-electron chi connectivity index (χ3n) is 5.37. The number of rotatable bonds is 7. The topological polar surface area (TPSA) is 128 Å². The number of H-pyrrole nitrogens is 1. The van der Waals surface area contributed by atoms with Gasteiger partial charge in [-0.1, -0.05) is 0 Å². The number of aryl methyl sites for hydroxylation is 2. The number of hydrogen-bond acceptors (Lipinski definition) is 8. The summed E-state index contributed by atoms with van der Waals surface area (Å²) in [6, 6.07) is 5.19. The maximum atomic E-state index is 14.7. The fraction of sp³-hybridized carbons (Fsp3) is 0.273. The van der Waals surface area contributed by atoms with E-state index in [4.69, 9.17) is 4.74 Å². The first kappa shape index (κ1) is 22.0. The van der Waals surface area contributed by atoms with E-state index < -0.39 is 15.7 Å². The van der Waals surface area contributed by atoms with Crippen LogP contribution in [0.25, 0.3) is 11.3 Å². The number of ether oxygens (including phenoxy) is 1. The minimum absolute atomic E-state index is 0.0935. The molecule has 3 aromatic heterocycles. The van der Waals surface area contributed by atoms with E-state index in [2.05, 4.69) is 30.6 Å². The number of anilines is 2. The van der Waals surface area contributed by atoms with Gasteiger partial charge in [0.15, 0.2) is 27.2 Å². The molecule has 1 aliphatic rings. The molecule has 0 bridgehead atoms. The maximum absolute atomic E-state index is 14.7. The van der Waals surface area contributed by atoms with Gasteiger partial charge in [0.25, 0.3) is 0 Å². The molecule has 0 unspecified atom stereocenters. The Hall–Kier alpha value is -3.80. The molecule has 0 radical (unpaired) electrons. The predicted molar refractivity (Wildman–Crippen MR) is 122 cm³/mol. The van der Waals surface area contributed by atoms with Crippen molar-refractivity contribution < 1.29 is 17.5 Å². The van der Waals surface area contributed by atoms with Gasteiger partial charge in [0.1, 0.15) is 5.82 Å². The first-order valence-electron chi connectivity index (χ1n) is 10.5. The molecule has 176 valence electrons. The van der Waals surface area contributed by atoms with Gasteiger partial charge in [-0.05, 0) is 43.9 Å². The quantitative estimate of drug-likeness (QED) is 0.406. The van der Waals surface area contributed by atoms with Crippen molar-refractivity contribution >= 4 is 21.5 Å². The average molecular weight is 484 g/mol. The van der Waals surface area contributed by atoms with Crippen LogP contribution in [0.5, 0.6) is 11.8 Å². The number of halogens is 1. The van der Waals surface area contributed by atoms with E-state index in [9.17, 15) is 12.8 Å². The molecular formula is C22H22FN7O3S. The van der Waals surface area contributed by atoms with Crippen molar-refractivity contribution in [1.82, 2.24) is 29.9 Å². The van der Waals surface area contributed by atoms with Gasteiger partial charge in [-0.2, -0.15) is 20.2 Å². The lowest BCUT2D eigenvalue weighted by Crippen LogP contribution is -2.06. The molecule has 5 rings (SSSR count). The summed E-state index contributed by atoms with van der Waals surface area (Å²) in [5.41, 5.74) is 3.18. The van der Waals surface area contributed by atoms with E-state index in [1.165, 1.54) is 12.1 Å². The van der Waals surface area contributed by atoms with E-state index in [-0.39, 0.29) is 22.6 Å². The summed E-state index contributed by atoms with van der Waals surface area (Å²) in [6.45, 7) is 1.89. The van der Waals surface area contributed by atoms with Gasteiger partial charge in [0.05, 0.1) is 16.8 Å². The van der Waals surface area contributed by atoms with Crippen molar-refractivity contribution in [2.45, 2.75) is 30.6 Å². The highest BCUT2D eigenvalue weighted by atomic mass is 32.2. The van der Waals surface area contributed by atoms with Crippen LogP contribution in [0.3, 0.4) is 0 Å². The van der Waals surface area contributed by atoms with Crippen molar-refractivity contribution in [2.24, 2.45) is 7.05 Å². The molecule has 3 heterocycles. The Morgan fingerprint density at radius 3 is 2.62 bits per heavy atom. The van der Waals surface area contributed by atoms with Gasteiger partial charge >= 0.3 is 6.01 Å². The van der Waals surface area contributed by atoms with Gasteiger partial charge in [-0.15, -0.1) is 0 Å². The summed E-state index contributed by atoms with van der Waals surface area (Å²) in [6.07, 6.45) is 6.53. The van der Waals surface area contributed by atoms with Crippen molar-refractivity contribution in [3.05, 3.63) is 53.7 Å². The molecule has 34 heavy (non-hydrogen) atoms. The highest BCUT2D eigenvalue weighted by molar-refractivity contribution is 7.90. The van der Waals surface area contributed by atoms with Gasteiger partial charge < -0.3 is 10.1 Å². The van der Waals surface area contributed by atoms with Crippen molar-refractivity contribution in [2.75, 3.05) is 11.6 Å². The molecule has 0 saturated heterocycles. The lowest BCUT2D eigenvalue weighted by molar-refractivity contribution is 0.410. The highest BCUT2D eigenvalue weighted by Gasteiger charge is 2.32. The molecular weight excluding hydrogens is 461 g/mol. The SMILES string of the molecule is Cc1cc(Nc2nc(Oc3ccc(S(C)(=O)=O)cc3F)nc(-c3cnn(C)c3)c2C2CC2)n[nH]1. The second kappa shape index (κ2) is 8.20. The third kappa shape index (κ3) is 4.49. The van der Waals surface area contributed by atoms with Crippen molar-refractivity contribution in [1.29, 1.82) is 0 Å². The van der Waals surface area contributed by atoms with Crippen LogP contribution in [0.4, 0.5) is 16.0 Å². The third-order valence-corrected chi connectivity index (χ3v) is 6.48. The van der Waals surface area contributed by atoms with Gasteiger partial charge in [0, 0.05) is 42.4 Å². The van der Waals surface area contributed by atoms with Crippen molar-refractivity contribution in [3.8, 4) is 23.0 Å². The van der Waals surface area contributed by atoms with E-state index in [1.54, 1.807) is 10.9 Å². The van der Waals surface area contributed by atoms with E-state index >= 15 is 0 Å². The maximum Gasteiger partial charge on any atom is 0.324 e. The van der Waals surface area contributed by atoms with Crippen LogP contribution in [-0.2, 0) is 16.9 Å². The zero-order valence-corrected chi connectivity index (χ0v) is 19.5. The summed E-state index contributed by atoms with van der Waals surface area (Å²) >= 11 is 0. The number of benzene rings is 1. The molecule has 1 aliphatic carbocycles. The molecule has 1 saturated carbocycles.